The third kappa shape index (κ3) is 5.04. The minimum absolute atomic E-state index is 0.147. The molecule has 1 saturated heterocycles. The maximum Gasteiger partial charge on any atom is 0.153 e. The fourth-order valence-electron chi connectivity index (χ4n) is 4.41. The Morgan fingerprint density at radius 2 is 1.91 bits per heavy atom. The molecule has 0 saturated carbocycles. The number of piperidine rings is 1. The Hall–Kier alpha value is -3.30. The normalized spacial score (nSPS) is 15.3. The zero-order valence-electron chi connectivity index (χ0n) is 18.1. The van der Waals surface area contributed by atoms with Gasteiger partial charge in [0.25, 0.3) is 0 Å². The predicted octanol–water partition coefficient (Wildman–Crippen LogP) is 3.38. The van der Waals surface area contributed by atoms with Gasteiger partial charge in [-0.25, -0.2) is 18.4 Å². The number of thiol groups is 1. The highest BCUT2D eigenvalue weighted by Crippen LogP contribution is 2.33. The van der Waals surface area contributed by atoms with E-state index >= 15 is 0 Å². The standard InChI is InChI=1S/C24H26N6O2S/c31-33(32)16-30-10-7-18(8-11-30)21-12-20-19(6-9-26-24(20)29-21)22-14-25-15-23(28-22)27-13-17-4-2-1-3-5-17/h1-6,9,12,14-15,18,33H,7-8,10-11,13,16H2,(H,26,29)(H,27,28). The number of hydrogen-bond donors (Lipinski definition) is 3. The molecular weight excluding hydrogens is 436 g/mol. The van der Waals surface area contributed by atoms with Gasteiger partial charge in [0.05, 0.1) is 24.0 Å². The smallest absolute Gasteiger partial charge is 0.153 e. The number of rotatable bonds is 7. The Balaban J connectivity index is 1.36. The van der Waals surface area contributed by atoms with E-state index in [-0.39, 0.29) is 5.88 Å². The van der Waals surface area contributed by atoms with Crippen LogP contribution in [0.3, 0.4) is 0 Å². The molecule has 1 aliphatic rings. The molecule has 4 heterocycles. The van der Waals surface area contributed by atoms with Crippen LogP contribution in [-0.4, -0.2) is 52.2 Å². The van der Waals surface area contributed by atoms with Gasteiger partial charge in [0.15, 0.2) is 10.7 Å². The van der Waals surface area contributed by atoms with Crippen molar-refractivity contribution in [1.29, 1.82) is 0 Å². The van der Waals surface area contributed by atoms with Crippen molar-refractivity contribution in [3.63, 3.8) is 0 Å². The Morgan fingerprint density at radius 1 is 1.09 bits per heavy atom. The second-order valence-corrected chi connectivity index (χ2v) is 9.29. The van der Waals surface area contributed by atoms with Crippen molar-refractivity contribution in [1.82, 2.24) is 24.8 Å². The number of hydrogen-bond acceptors (Lipinski definition) is 7. The van der Waals surface area contributed by atoms with E-state index in [0.29, 0.717) is 12.5 Å². The summed E-state index contributed by atoms with van der Waals surface area (Å²) < 4.78 is 22.0. The van der Waals surface area contributed by atoms with Crippen LogP contribution < -0.4 is 5.32 Å². The molecule has 0 spiro atoms. The molecule has 4 aromatic rings. The molecule has 0 bridgehead atoms. The van der Waals surface area contributed by atoms with Gasteiger partial charge < -0.3 is 10.3 Å². The van der Waals surface area contributed by atoms with E-state index in [1.165, 1.54) is 5.56 Å². The summed E-state index contributed by atoms with van der Waals surface area (Å²) in [5, 5.41) is 4.37. The van der Waals surface area contributed by atoms with Gasteiger partial charge in [0.1, 0.15) is 11.5 Å². The van der Waals surface area contributed by atoms with Crippen LogP contribution in [0, 0.1) is 0 Å². The SMILES string of the molecule is O=[SH](=O)CN1CCC(c2cc3c(-c4cncc(NCc5ccccc5)n4)ccnc3[nH]2)CC1. The molecule has 9 heteroatoms. The van der Waals surface area contributed by atoms with E-state index in [0.717, 1.165) is 59.7 Å². The number of fused-ring (bicyclic) bond motifs is 1. The van der Waals surface area contributed by atoms with Crippen molar-refractivity contribution in [3.8, 4) is 11.3 Å². The average molecular weight is 463 g/mol. The minimum Gasteiger partial charge on any atom is -0.365 e. The van der Waals surface area contributed by atoms with Crippen LogP contribution in [0.4, 0.5) is 5.82 Å². The van der Waals surface area contributed by atoms with Gasteiger partial charge >= 0.3 is 0 Å². The Labute approximate surface area is 194 Å². The number of benzene rings is 1. The summed E-state index contributed by atoms with van der Waals surface area (Å²) in [5.74, 6) is 1.23. The van der Waals surface area contributed by atoms with Crippen LogP contribution in [0.15, 0.2) is 61.1 Å². The summed E-state index contributed by atoms with van der Waals surface area (Å²) >= 11 is 0. The zero-order chi connectivity index (χ0) is 22.6. The lowest BCUT2D eigenvalue weighted by Gasteiger charge is -2.29. The number of aromatic amines is 1. The molecule has 0 amide bonds. The Bertz CT molecular complexity index is 1310. The van der Waals surface area contributed by atoms with Crippen LogP contribution in [0.1, 0.15) is 30.0 Å². The highest BCUT2D eigenvalue weighted by molar-refractivity contribution is 7.72. The van der Waals surface area contributed by atoms with E-state index in [1.54, 1.807) is 18.6 Å². The number of H-pyrrole nitrogens is 1. The van der Waals surface area contributed by atoms with Crippen molar-refractivity contribution < 1.29 is 8.42 Å². The van der Waals surface area contributed by atoms with Gasteiger partial charge in [-0.3, -0.25) is 9.88 Å². The summed E-state index contributed by atoms with van der Waals surface area (Å²) in [5.41, 5.74) is 4.93. The van der Waals surface area contributed by atoms with Crippen molar-refractivity contribution in [2.24, 2.45) is 0 Å². The first-order valence-corrected chi connectivity index (χ1v) is 12.4. The van der Waals surface area contributed by atoms with Gasteiger partial charge in [-0.1, -0.05) is 30.3 Å². The fraction of sp³-hybridized carbons (Fsp3) is 0.292. The number of nitrogens with zero attached hydrogens (tertiary/aromatic N) is 4. The van der Waals surface area contributed by atoms with Crippen LogP contribution >= 0.6 is 0 Å². The Kier molecular flexibility index (Phi) is 6.32. The van der Waals surface area contributed by atoms with Gasteiger partial charge in [0, 0.05) is 35.3 Å². The zero-order valence-corrected chi connectivity index (χ0v) is 19.0. The molecule has 3 aromatic heterocycles. The minimum atomic E-state index is -2.37. The lowest BCUT2D eigenvalue weighted by atomic mass is 9.93. The van der Waals surface area contributed by atoms with Gasteiger partial charge in [-0.15, -0.1) is 0 Å². The average Bonchev–Trinajstić information content (AvgIpc) is 3.28. The number of anilines is 1. The molecule has 2 N–H and O–H groups in total. The second-order valence-electron chi connectivity index (χ2n) is 8.34. The topological polar surface area (TPSA) is 104 Å². The number of likely N-dealkylation sites (tertiary alicyclic amines) is 1. The first-order valence-electron chi connectivity index (χ1n) is 11.1. The number of nitrogens with one attached hydrogen (secondary N) is 2. The molecule has 1 fully saturated rings. The molecule has 0 radical (unpaired) electrons. The van der Waals surface area contributed by atoms with Gasteiger partial charge in [0.2, 0.25) is 0 Å². The Morgan fingerprint density at radius 3 is 2.70 bits per heavy atom. The van der Waals surface area contributed by atoms with Crippen LogP contribution in [0.2, 0.25) is 0 Å². The van der Waals surface area contributed by atoms with Crippen molar-refractivity contribution in [2.75, 3.05) is 24.3 Å². The van der Waals surface area contributed by atoms with E-state index in [1.807, 2.05) is 29.2 Å². The van der Waals surface area contributed by atoms with Crippen LogP contribution in [0.25, 0.3) is 22.3 Å². The molecule has 33 heavy (non-hydrogen) atoms. The number of pyridine rings is 1. The fourth-order valence-corrected chi connectivity index (χ4v) is 5.02. The number of aromatic nitrogens is 4. The van der Waals surface area contributed by atoms with Crippen LogP contribution in [-0.2, 0) is 17.2 Å². The third-order valence-corrected chi connectivity index (χ3v) is 6.75. The molecule has 5 rings (SSSR count). The van der Waals surface area contributed by atoms with Gasteiger partial charge in [-0.2, -0.15) is 0 Å². The molecule has 0 unspecified atom stereocenters. The molecule has 8 nitrogen and oxygen atoms in total. The first kappa shape index (κ1) is 21.5. The summed E-state index contributed by atoms with van der Waals surface area (Å²) in [6, 6.07) is 14.3. The monoisotopic (exact) mass is 462 g/mol. The largest absolute Gasteiger partial charge is 0.365 e. The molecule has 0 atom stereocenters. The highest BCUT2D eigenvalue weighted by atomic mass is 32.2. The summed E-state index contributed by atoms with van der Waals surface area (Å²) in [6.45, 7) is 2.24. The summed E-state index contributed by atoms with van der Waals surface area (Å²) in [7, 11) is -2.37. The summed E-state index contributed by atoms with van der Waals surface area (Å²) in [6.07, 6.45) is 7.14. The predicted molar refractivity (Wildman–Crippen MR) is 130 cm³/mol. The molecule has 1 aliphatic heterocycles. The van der Waals surface area contributed by atoms with Crippen molar-refractivity contribution in [3.05, 3.63) is 72.3 Å². The second kappa shape index (κ2) is 9.68. The quantitative estimate of drug-likeness (QED) is 0.362. The lowest BCUT2D eigenvalue weighted by Crippen LogP contribution is -2.34. The van der Waals surface area contributed by atoms with E-state index < -0.39 is 10.7 Å². The maximum atomic E-state index is 11.0. The molecular formula is C24H26N6O2S. The van der Waals surface area contributed by atoms with Crippen molar-refractivity contribution in [2.45, 2.75) is 25.3 Å². The molecule has 0 aliphatic carbocycles. The molecule has 170 valence electrons. The van der Waals surface area contributed by atoms with Crippen molar-refractivity contribution >= 4 is 27.6 Å². The summed E-state index contributed by atoms with van der Waals surface area (Å²) in [4.78, 5) is 19.2. The lowest BCUT2D eigenvalue weighted by molar-refractivity contribution is 0.241. The molecule has 1 aromatic carbocycles. The van der Waals surface area contributed by atoms with Crippen LogP contribution in [0.5, 0.6) is 0 Å². The third-order valence-electron chi connectivity index (χ3n) is 6.12. The van der Waals surface area contributed by atoms with E-state index in [9.17, 15) is 8.42 Å². The van der Waals surface area contributed by atoms with Gasteiger partial charge in [-0.05, 0) is 43.6 Å². The van der Waals surface area contributed by atoms with E-state index in [4.69, 9.17) is 4.98 Å². The maximum absolute atomic E-state index is 11.0. The van der Waals surface area contributed by atoms with E-state index in [2.05, 4.69) is 38.5 Å². The highest BCUT2D eigenvalue weighted by Gasteiger charge is 2.23. The first-order chi connectivity index (χ1) is 16.2.